The number of benzene rings is 21. The van der Waals surface area contributed by atoms with Crippen molar-refractivity contribution in [2.24, 2.45) is 0 Å². The molecule has 2 nitrogen and oxygen atoms in total. The zero-order chi connectivity index (χ0) is 88.1. The SMILES string of the molecule is c1ccc2c(c1)Sc1ccccc1C21c2ccccc2-c2c(N(c3ccc(-c4ccc(-c5ccc6c(c5)Sc5ccccc5C65c6ccccc6-c6c(N(c7ccc8ccccc8c7)c7cccc8c7-c7ccccc7C87c8ccccc8Sc8ccccc87)cccc65)c5sc6ccccc6c45)cc3)c3cccc4c3-c3ccccc3C43c4ccccc4Sc4ccccc43)cccc21. The van der Waals surface area contributed by atoms with Crippen molar-refractivity contribution < 1.29 is 0 Å². The molecule has 1 unspecified atom stereocenters. The Morgan fingerprint density at radius 1 is 0.178 bits per heavy atom. The normalized spacial score (nSPS) is 15.5. The maximum atomic E-state index is 2.65. The fourth-order valence-corrected chi connectivity index (χ4v) is 31.8. The molecule has 0 saturated heterocycles. The summed E-state index contributed by atoms with van der Waals surface area (Å²) in [7, 11) is 0. The standard InChI is InChI=1S/C128H76N2S5/c1-2-32-79-75-82(71-65-77(79)31-1)130(108-55-29-51-104-122(108)87-35-5-10-40-92(87)127(104)98-46-16-24-62-115(98)133-116-63-25-17-47-99(116)127)109-56-30-52-105-123(109)88-36-6-11-41-93(88)128(105)100-48-18-26-64-117(100)134-118-76-80(68-74-101(118)128)84-73-72-83(119-89-37-7-19-57-110(89)135-124(84)119)78-66-69-81(70-67-78)129(106-53-27-49-102-120(106)85-33-3-8-38-90(85)125(102)94-42-12-20-58-111(94)131-112-59-21-13-43-95(112)125)107-54-28-50-103-121(107)86-34-4-9-39-91(86)126(103)96-44-14-22-60-113(96)132-114-61-23-15-45-97(114)126/h1-76H. The minimum Gasteiger partial charge on any atom is -0.309 e. The van der Waals surface area contributed by atoms with Gasteiger partial charge in [0.1, 0.15) is 0 Å². The first kappa shape index (κ1) is 76.6. The van der Waals surface area contributed by atoms with Crippen molar-refractivity contribution in [3.8, 4) is 66.8 Å². The van der Waals surface area contributed by atoms with Crippen molar-refractivity contribution in [1.29, 1.82) is 0 Å². The molecule has 4 spiro atoms. The van der Waals surface area contributed by atoms with Gasteiger partial charge < -0.3 is 9.80 Å². The predicted molar refractivity (Wildman–Crippen MR) is 563 cm³/mol. The average molecular weight is 1800 g/mol. The number of fused-ring (bicyclic) bond motifs is 40. The summed E-state index contributed by atoms with van der Waals surface area (Å²) in [4.78, 5) is 15.5. The van der Waals surface area contributed by atoms with Crippen molar-refractivity contribution in [2.45, 2.75) is 60.8 Å². The van der Waals surface area contributed by atoms with Crippen LogP contribution in [0.15, 0.2) is 500 Å². The molecule has 21 aromatic carbocycles. The fraction of sp³-hybridized carbons (Fsp3) is 0.0312. The zero-order valence-corrected chi connectivity index (χ0v) is 76.9. The average Bonchev–Trinajstić information content (AvgIpc) is 1.54. The monoisotopic (exact) mass is 1800 g/mol. The highest BCUT2D eigenvalue weighted by atomic mass is 32.2. The van der Waals surface area contributed by atoms with Crippen molar-refractivity contribution in [1.82, 2.24) is 0 Å². The van der Waals surface area contributed by atoms with Gasteiger partial charge in [0.15, 0.2) is 0 Å². The molecule has 1 atom stereocenters. The maximum absolute atomic E-state index is 2.65. The molecule has 135 heavy (non-hydrogen) atoms. The molecule has 7 heteroatoms. The minimum atomic E-state index is -0.700. The molecule has 0 fully saturated rings. The van der Waals surface area contributed by atoms with Crippen LogP contribution in [-0.2, 0) is 21.7 Å². The van der Waals surface area contributed by atoms with Crippen molar-refractivity contribution in [3.05, 3.63) is 550 Å². The molecule has 0 amide bonds. The largest absolute Gasteiger partial charge is 0.309 e. The number of thiophene rings is 1. The molecule has 8 aliphatic rings. The van der Waals surface area contributed by atoms with Crippen LogP contribution < -0.4 is 9.80 Å². The van der Waals surface area contributed by atoms with E-state index in [2.05, 4.69) is 471 Å². The van der Waals surface area contributed by atoms with E-state index in [0.717, 1.165) is 39.7 Å². The van der Waals surface area contributed by atoms with Gasteiger partial charge in [0.25, 0.3) is 0 Å². The predicted octanol–water partition coefficient (Wildman–Crippen LogP) is 34.8. The molecule has 0 saturated carbocycles. The Labute approximate surface area is 804 Å². The second kappa shape index (κ2) is 28.8. The van der Waals surface area contributed by atoms with E-state index in [-0.39, 0.29) is 0 Å². The summed E-state index contributed by atoms with van der Waals surface area (Å²) in [5, 5.41) is 4.93. The first-order chi connectivity index (χ1) is 67.0. The molecule has 628 valence electrons. The Kier molecular flexibility index (Phi) is 16.4. The van der Waals surface area contributed by atoms with Gasteiger partial charge in [0, 0.05) is 93.0 Å². The van der Waals surface area contributed by atoms with E-state index in [0.29, 0.717) is 0 Å². The van der Waals surface area contributed by atoms with Crippen molar-refractivity contribution in [2.75, 3.05) is 9.80 Å². The summed E-state index contributed by atoms with van der Waals surface area (Å²) in [6.45, 7) is 0. The number of anilines is 6. The Bertz CT molecular complexity index is 8630. The van der Waals surface area contributed by atoms with Gasteiger partial charge in [-0.25, -0.2) is 0 Å². The van der Waals surface area contributed by atoms with Gasteiger partial charge in [-0.2, -0.15) is 0 Å². The van der Waals surface area contributed by atoms with Gasteiger partial charge in [0.05, 0.1) is 44.4 Å². The number of nitrogens with zero attached hydrogens (tertiary/aromatic N) is 2. The van der Waals surface area contributed by atoms with Gasteiger partial charge in [-0.05, 0) is 247 Å². The lowest BCUT2D eigenvalue weighted by molar-refractivity contribution is 0.722. The van der Waals surface area contributed by atoms with E-state index in [4.69, 9.17) is 0 Å². The van der Waals surface area contributed by atoms with Crippen LogP contribution in [0.25, 0.3) is 97.7 Å². The topological polar surface area (TPSA) is 6.48 Å². The number of hydrogen-bond acceptors (Lipinski definition) is 7. The highest BCUT2D eigenvalue weighted by Gasteiger charge is 2.57. The lowest BCUT2D eigenvalue weighted by Crippen LogP contribution is -2.32. The number of rotatable bonds is 8. The Hall–Kier alpha value is -14.9. The molecular weight excluding hydrogens is 1730 g/mol. The molecule has 22 aromatic rings. The van der Waals surface area contributed by atoms with Gasteiger partial charge in [-0.1, -0.05) is 405 Å². The summed E-state index contributed by atoms with van der Waals surface area (Å²) in [6.07, 6.45) is 0. The molecule has 4 aliphatic carbocycles. The summed E-state index contributed by atoms with van der Waals surface area (Å²) >= 11 is 9.52. The van der Waals surface area contributed by atoms with Gasteiger partial charge in [-0.15, -0.1) is 11.3 Å². The Morgan fingerprint density at radius 2 is 0.474 bits per heavy atom. The van der Waals surface area contributed by atoms with E-state index in [1.807, 2.05) is 58.4 Å². The number of hydrogen-bond donors (Lipinski definition) is 0. The van der Waals surface area contributed by atoms with Crippen LogP contribution in [0.4, 0.5) is 34.1 Å². The quantitative estimate of drug-likeness (QED) is 0.149. The molecule has 30 rings (SSSR count). The van der Waals surface area contributed by atoms with E-state index < -0.39 is 21.7 Å². The summed E-state index contributed by atoms with van der Waals surface area (Å²) in [5.41, 5.74) is 40.0. The summed E-state index contributed by atoms with van der Waals surface area (Å²) < 4.78 is 2.54. The Balaban J connectivity index is 0.592. The van der Waals surface area contributed by atoms with Crippen LogP contribution >= 0.6 is 58.4 Å². The fourth-order valence-electron chi connectivity index (χ4n) is 25.7. The molecule has 5 heterocycles. The smallest absolute Gasteiger partial charge is 0.0736 e. The van der Waals surface area contributed by atoms with Crippen LogP contribution in [-0.4, -0.2) is 0 Å². The molecule has 4 aliphatic heterocycles. The van der Waals surface area contributed by atoms with Crippen molar-refractivity contribution >= 4 is 123 Å². The highest BCUT2D eigenvalue weighted by Crippen LogP contribution is 2.72. The second-order valence-corrected chi connectivity index (χ2v) is 42.2. The van der Waals surface area contributed by atoms with Crippen LogP contribution in [0, 0.1) is 0 Å². The third-order valence-corrected chi connectivity index (χ3v) is 36.5. The molecule has 0 radical (unpaired) electrons. The zero-order valence-electron chi connectivity index (χ0n) is 72.8. The molecular formula is C128H76N2S5. The first-order valence-corrected chi connectivity index (χ1v) is 50.7. The van der Waals surface area contributed by atoms with Crippen LogP contribution in [0.2, 0.25) is 0 Å². The van der Waals surface area contributed by atoms with Gasteiger partial charge >= 0.3 is 0 Å². The van der Waals surface area contributed by atoms with E-state index in [1.165, 1.54) is 220 Å². The summed E-state index contributed by atoms with van der Waals surface area (Å²) in [5.74, 6) is 0. The van der Waals surface area contributed by atoms with Crippen LogP contribution in [0.1, 0.15) is 89.0 Å². The van der Waals surface area contributed by atoms with E-state index in [1.54, 1.807) is 0 Å². The van der Waals surface area contributed by atoms with E-state index in [9.17, 15) is 0 Å². The summed E-state index contributed by atoms with van der Waals surface area (Å²) in [6, 6.07) is 178. The van der Waals surface area contributed by atoms with E-state index >= 15 is 0 Å². The van der Waals surface area contributed by atoms with Crippen LogP contribution in [0.5, 0.6) is 0 Å². The van der Waals surface area contributed by atoms with Crippen molar-refractivity contribution in [3.63, 3.8) is 0 Å². The molecule has 0 bridgehead atoms. The minimum absolute atomic E-state index is 0.568. The van der Waals surface area contributed by atoms with Crippen LogP contribution in [0.3, 0.4) is 0 Å². The first-order valence-electron chi connectivity index (χ1n) is 46.6. The highest BCUT2D eigenvalue weighted by molar-refractivity contribution is 8.00. The lowest BCUT2D eigenvalue weighted by Gasteiger charge is -2.40. The van der Waals surface area contributed by atoms with Gasteiger partial charge in [0.2, 0.25) is 0 Å². The molecule has 1 aromatic heterocycles. The second-order valence-electron chi connectivity index (χ2n) is 36.8. The third kappa shape index (κ3) is 10.2. The lowest BCUT2D eigenvalue weighted by atomic mass is 9.67. The molecule has 0 N–H and O–H groups in total. The maximum Gasteiger partial charge on any atom is 0.0736 e. The third-order valence-electron chi connectivity index (χ3n) is 30.7. The van der Waals surface area contributed by atoms with Gasteiger partial charge in [-0.3, -0.25) is 0 Å². The Morgan fingerprint density at radius 3 is 0.874 bits per heavy atom.